The van der Waals surface area contributed by atoms with E-state index in [0.717, 1.165) is 6.54 Å². The highest BCUT2D eigenvalue weighted by molar-refractivity contribution is 7.90. The Morgan fingerprint density at radius 3 is 2.09 bits per heavy atom. The van der Waals surface area contributed by atoms with Gasteiger partial charge in [-0.25, -0.2) is 0 Å². The van der Waals surface area contributed by atoms with Gasteiger partial charge in [0.1, 0.15) is 5.25 Å². The Bertz CT molecular complexity index is 109. The summed E-state index contributed by atoms with van der Waals surface area (Å²) in [5.74, 6) is 0. The van der Waals surface area contributed by atoms with E-state index in [1.807, 2.05) is 13.8 Å². The Hall–Kier alpha value is 0.270. The van der Waals surface area contributed by atoms with Crippen molar-refractivity contribution in [2.45, 2.75) is 39.9 Å². The molecule has 0 saturated heterocycles. The Balaban J connectivity index is 3.54. The monoisotopic (exact) mass is 177 g/mol. The quantitative estimate of drug-likeness (QED) is 0.666. The summed E-state index contributed by atoms with van der Waals surface area (Å²) in [5.41, 5.74) is 0.213. The van der Waals surface area contributed by atoms with Crippen molar-refractivity contribution in [2.75, 3.05) is 6.54 Å². The molecule has 0 aromatic heterocycles. The maximum atomic E-state index is 11.2. The minimum absolute atomic E-state index is 0.206. The van der Waals surface area contributed by atoms with E-state index >= 15 is 0 Å². The smallest absolute Gasteiger partial charge is 0.129 e. The van der Waals surface area contributed by atoms with Gasteiger partial charge < -0.3 is 4.55 Å². The van der Waals surface area contributed by atoms with Crippen LogP contribution in [0.15, 0.2) is 0 Å². The Kier molecular flexibility index (Phi) is 4.44. The van der Waals surface area contributed by atoms with Crippen LogP contribution in [0.2, 0.25) is 0 Å². The first-order valence-corrected chi connectivity index (χ1v) is 5.18. The minimum Gasteiger partial charge on any atom is -0.598 e. The fraction of sp³-hybridized carbons (Fsp3) is 1.00. The van der Waals surface area contributed by atoms with Gasteiger partial charge in [-0.15, -0.1) is 4.72 Å². The lowest BCUT2D eigenvalue weighted by molar-refractivity contribution is 0.407. The molecule has 0 radical (unpaired) electrons. The van der Waals surface area contributed by atoms with E-state index in [0.29, 0.717) is 0 Å². The Labute approximate surface area is 73.1 Å². The van der Waals surface area contributed by atoms with Crippen LogP contribution < -0.4 is 4.72 Å². The first kappa shape index (κ1) is 11.3. The molecule has 0 spiro atoms. The van der Waals surface area contributed by atoms with Crippen molar-refractivity contribution in [3.63, 3.8) is 0 Å². The molecule has 11 heavy (non-hydrogen) atoms. The molecule has 3 heteroatoms. The van der Waals surface area contributed by atoms with Crippen LogP contribution in [0.4, 0.5) is 0 Å². The molecule has 0 aliphatic rings. The van der Waals surface area contributed by atoms with Gasteiger partial charge in [0, 0.05) is 17.9 Å². The van der Waals surface area contributed by atoms with Crippen molar-refractivity contribution in [2.24, 2.45) is 5.41 Å². The normalized spacial score (nSPS) is 15.5. The van der Waals surface area contributed by atoms with Gasteiger partial charge in [0.15, 0.2) is 0 Å². The molecule has 0 saturated carbocycles. The highest BCUT2D eigenvalue weighted by atomic mass is 32.2. The van der Waals surface area contributed by atoms with Gasteiger partial charge in [0.05, 0.1) is 0 Å². The molecule has 0 rings (SSSR count). The molecule has 0 fully saturated rings. The van der Waals surface area contributed by atoms with Crippen LogP contribution in [0.5, 0.6) is 0 Å². The zero-order valence-corrected chi connectivity index (χ0v) is 8.92. The lowest BCUT2D eigenvalue weighted by atomic mass is 9.98. The third-order valence-electron chi connectivity index (χ3n) is 1.17. The van der Waals surface area contributed by atoms with Crippen LogP contribution in [0.1, 0.15) is 34.6 Å². The minimum atomic E-state index is -0.868. The molecule has 0 aromatic rings. The van der Waals surface area contributed by atoms with E-state index in [4.69, 9.17) is 0 Å². The highest BCUT2D eigenvalue weighted by Gasteiger charge is 2.16. The third-order valence-corrected chi connectivity index (χ3v) is 2.46. The zero-order valence-electron chi connectivity index (χ0n) is 8.10. The molecule has 0 aliphatic heterocycles. The van der Waals surface area contributed by atoms with Crippen LogP contribution >= 0.6 is 0 Å². The van der Waals surface area contributed by atoms with Crippen LogP contribution in [0, 0.1) is 5.41 Å². The second-order valence-electron chi connectivity index (χ2n) is 4.23. The van der Waals surface area contributed by atoms with Crippen LogP contribution in [0.25, 0.3) is 0 Å². The molecule has 0 bridgehead atoms. The second kappa shape index (κ2) is 4.33. The number of rotatable bonds is 3. The van der Waals surface area contributed by atoms with E-state index in [2.05, 4.69) is 25.5 Å². The second-order valence-corrected chi connectivity index (χ2v) is 6.05. The van der Waals surface area contributed by atoms with Crippen molar-refractivity contribution in [1.82, 2.24) is 4.72 Å². The first-order valence-electron chi connectivity index (χ1n) is 3.97. The van der Waals surface area contributed by atoms with Crippen LogP contribution in [-0.4, -0.2) is 16.3 Å². The number of hydrogen-bond acceptors (Lipinski definition) is 2. The molecule has 2 nitrogen and oxygen atoms in total. The molecular weight excluding hydrogens is 158 g/mol. The van der Waals surface area contributed by atoms with Gasteiger partial charge in [0.25, 0.3) is 0 Å². The average Bonchev–Trinajstić information content (AvgIpc) is 1.80. The predicted molar refractivity (Wildman–Crippen MR) is 50.7 cm³/mol. The van der Waals surface area contributed by atoms with Crippen LogP contribution in [0.3, 0.4) is 0 Å². The maximum Gasteiger partial charge on any atom is 0.129 e. The fourth-order valence-corrected chi connectivity index (χ4v) is 1.36. The summed E-state index contributed by atoms with van der Waals surface area (Å²) in [5, 5.41) is 0.206. The van der Waals surface area contributed by atoms with Crippen molar-refractivity contribution in [3.05, 3.63) is 0 Å². The Morgan fingerprint density at radius 1 is 1.36 bits per heavy atom. The SMILES string of the molecule is CC(C)[S+]([O-])NCC(C)(C)C. The van der Waals surface area contributed by atoms with E-state index in [-0.39, 0.29) is 10.7 Å². The average molecular weight is 177 g/mol. The number of nitrogens with one attached hydrogen (secondary N) is 1. The Morgan fingerprint density at radius 2 is 1.82 bits per heavy atom. The van der Waals surface area contributed by atoms with Crippen molar-refractivity contribution in [1.29, 1.82) is 0 Å². The van der Waals surface area contributed by atoms with E-state index in [1.165, 1.54) is 0 Å². The highest BCUT2D eigenvalue weighted by Crippen LogP contribution is 2.11. The summed E-state index contributed by atoms with van der Waals surface area (Å²) >= 11 is -0.868. The van der Waals surface area contributed by atoms with Crippen molar-refractivity contribution >= 4 is 11.4 Å². The number of hydrogen-bond donors (Lipinski definition) is 1. The molecule has 1 atom stereocenters. The van der Waals surface area contributed by atoms with E-state index in [9.17, 15) is 4.55 Å². The van der Waals surface area contributed by atoms with Crippen LogP contribution in [-0.2, 0) is 11.4 Å². The molecule has 0 aromatic carbocycles. The summed E-state index contributed by atoms with van der Waals surface area (Å²) in [6, 6.07) is 0. The lowest BCUT2D eigenvalue weighted by Crippen LogP contribution is -2.36. The largest absolute Gasteiger partial charge is 0.598 e. The standard InChI is InChI=1S/C8H19NOS/c1-7(2)11(10)9-6-8(3,4)5/h7,9H,6H2,1-5H3. The molecule has 0 heterocycles. The topological polar surface area (TPSA) is 35.1 Å². The first-order chi connectivity index (χ1) is 4.83. The van der Waals surface area contributed by atoms with Crippen molar-refractivity contribution in [3.8, 4) is 0 Å². The third kappa shape index (κ3) is 6.66. The lowest BCUT2D eigenvalue weighted by Gasteiger charge is -2.21. The summed E-state index contributed by atoms with van der Waals surface area (Å²) in [6.07, 6.45) is 0. The van der Waals surface area contributed by atoms with E-state index < -0.39 is 11.4 Å². The summed E-state index contributed by atoms with van der Waals surface area (Å²) < 4.78 is 14.2. The van der Waals surface area contributed by atoms with Gasteiger partial charge in [-0.3, -0.25) is 0 Å². The molecule has 1 N–H and O–H groups in total. The molecule has 0 aliphatic carbocycles. The molecular formula is C8H19NOS. The van der Waals surface area contributed by atoms with Gasteiger partial charge in [-0.2, -0.15) is 0 Å². The molecule has 68 valence electrons. The van der Waals surface area contributed by atoms with Gasteiger partial charge in [0.2, 0.25) is 0 Å². The van der Waals surface area contributed by atoms with Gasteiger partial charge >= 0.3 is 0 Å². The van der Waals surface area contributed by atoms with Gasteiger partial charge in [-0.05, 0) is 19.3 Å². The van der Waals surface area contributed by atoms with Gasteiger partial charge in [-0.1, -0.05) is 20.8 Å². The summed E-state index contributed by atoms with van der Waals surface area (Å²) in [7, 11) is 0. The fourth-order valence-electron chi connectivity index (χ4n) is 0.454. The summed E-state index contributed by atoms with van der Waals surface area (Å²) in [6.45, 7) is 11.1. The summed E-state index contributed by atoms with van der Waals surface area (Å²) in [4.78, 5) is 0. The van der Waals surface area contributed by atoms with Crippen molar-refractivity contribution < 1.29 is 4.55 Å². The molecule has 0 amide bonds. The predicted octanol–water partition coefficient (Wildman–Crippen LogP) is 1.69. The van der Waals surface area contributed by atoms with E-state index in [1.54, 1.807) is 0 Å². The zero-order chi connectivity index (χ0) is 9.07. The maximum absolute atomic E-state index is 11.2. The molecule has 1 unspecified atom stereocenters.